The van der Waals surface area contributed by atoms with Crippen molar-refractivity contribution in [1.82, 2.24) is 5.32 Å². The van der Waals surface area contributed by atoms with Gasteiger partial charge in [0.15, 0.2) is 0 Å². The van der Waals surface area contributed by atoms with Gasteiger partial charge in [0.1, 0.15) is 0 Å². The van der Waals surface area contributed by atoms with Crippen molar-refractivity contribution < 1.29 is 9.47 Å². The molecule has 4 aliphatic carbocycles. The number of nitrogens with two attached hydrogens (primary N) is 2. The number of ether oxygens (including phenoxy) is 2. The second-order valence-corrected chi connectivity index (χ2v) is 13.6. The summed E-state index contributed by atoms with van der Waals surface area (Å²) in [6, 6.07) is 0. The number of nitrogens with one attached hydrogen (secondary N) is 1. The molecular weight excluding hydrogens is 446 g/mol. The van der Waals surface area contributed by atoms with Crippen LogP contribution in [0.2, 0.25) is 0 Å². The molecule has 0 heterocycles. The van der Waals surface area contributed by atoms with Gasteiger partial charge in [-0.2, -0.15) is 0 Å². The first-order valence-electron chi connectivity index (χ1n) is 15.7. The fraction of sp³-hybridized carbons (Fsp3) is 1.00. The van der Waals surface area contributed by atoms with E-state index < -0.39 is 0 Å². The minimum absolute atomic E-state index is 0.320. The fourth-order valence-corrected chi connectivity index (χ4v) is 9.96. The molecule has 0 aromatic carbocycles. The summed E-state index contributed by atoms with van der Waals surface area (Å²) in [5.41, 5.74) is 12.4. The summed E-state index contributed by atoms with van der Waals surface area (Å²) in [5, 5.41) is 3.36. The zero-order valence-electron chi connectivity index (χ0n) is 24.1. The molecule has 0 aromatic rings. The Hall–Kier alpha value is -0.200. The molecule has 0 aliphatic heterocycles. The molecule has 36 heavy (non-hydrogen) atoms. The Morgan fingerprint density at radius 1 is 0.889 bits per heavy atom. The highest BCUT2D eigenvalue weighted by Crippen LogP contribution is 2.69. The van der Waals surface area contributed by atoms with Gasteiger partial charge in [0.2, 0.25) is 0 Å². The van der Waals surface area contributed by atoms with E-state index in [9.17, 15) is 0 Å². The van der Waals surface area contributed by atoms with Crippen LogP contribution in [0.25, 0.3) is 0 Å². The minimum atomic E-state index is 0.320. The van der Waals surface area contributed by atoms with Crippen molar-refractivity contribution in [3.05, 3.63) is 0 Å². The van der Waals surface area contributed by atoms with Crippen molar-refractivity contribution in [3.63, 3.8) is 0 Å². The normalized spacial score (nSPS) is 43.0. The van der Waals surface area contributed by atoms with Crippen LogP contribution in [0.3, 0.4) is 0 Å². The fourth-order valence-electron chi connectivity index (χ4n) is 9.96. The third-order valence-corrected chi connectivity index (χ3v) is 11.9. The van der Waals surface area contributed by atoms with E-state index in [4.69, 9.17) is 20.9 Å². The largest absolute Gasteiger partial charge is 0.378 e. The van der Waals surface area contributed by atoms with Gasteiger partial charge in [0, 0.05) is 13.2 Å². The maximum absolute atomic E-state index is 6.88. The molecule has 4 saturated carbocycles. The molecule has 0 bridgehead atoms. The van der Waals surface area contributed by atoms with Crippen LogP contribution in [0.1, 0.15) is 97.8 Å². The lowest BCUT2D eigenvalue weighted by Gasteiger charge is -2.63. The molecule has 0 saturated heterocycles. The van der Waals surface area contributed by atoms with Gasteiger partial charge in [0.05, 0.1) is 12.2 Å². The Balaban J connectivity index is 1.52. The highest BCUT2D eigenvalue weighted by molar-refractivity contribution is 5.13. The standard InChI is InChI=1S/C31H59N3O2/c1-22(8-5-17-34-4)26-11-12-27-25-10-9-23-20-24(35-18-6-15-32)13-14-30(23,2)28(25)21-29(31(26,27)3)36-19-7-16-33/h22-29,34H,5-21,32-33H2,1-4H3/t22?,23?,24-,25?,26?,27+,28?,29+,30?,31-/m1/s1. The van der Waals surface area contributed by atoms with Gasteiger partial charge in [-0.3, -0.25) is 0 Å². The van der Waals surface area contributed by atoms with E-state index in [0.717, 1.165) is 81.2 Å². The van der Waals surface area contributed by atoms with Crippen LogP contribution in [0.4, 0.5) is 0 Å². The zero-order chi connectivity index (χ0) is 25.8. The summed E-state index contributed by atoms with van der Waals surface area (Å²) < 4.78 is 13.2. The highest BCUT2D eigenvalue weighted by atomic mass is 16.5. The second-order valence-electron chi connectivity index (χ2n) is 13.6. The maximum Gasteiger partial charge on any atom is 0.0637 e. The molecule has 10 atom stereocenters. The summed E-state index contributed by atoms with van der Waals surface area (Å²) in [6.45, 7) is 12.1. The molecule has 0 amide bonds. The first-order valence-corrected chi connectivity index (χ1v) is 15.7. The summed E-state index contributed by atoms with van der Waals surface area (Å²) in [7, 11) is 2.08. The number of fused-ring (bicyclic) bond motifs is 5. The van der Waals surface area contributed by atoms with E-state index >= 15 is 0 Å². The highest BCUT2D eigenvalue weighted by Gasteiger charge is 2.64. The smallest absolute Gasteiger partial charge is 0.0637 e. The topological polar surface area (TPSA) is 82.5 Å². The van der Waals surface area contributed by atoms with Crippen LogP contribution in [0, 0.1) is 46.3 Å². The zero-order valence-corrected chi connectivity index (χ0v) is 24.1. The summed E-state index contributed by atoms with van der Waals surface area (Å²) >= 11 is 0. The first-order chi connectivity index (χ1) is 17.4. The molecule has 0 radical (unpaired) electrons. The van der Waals surface area contributed by atoms with Crippen molar-refractivity contribution in [3.8, 4) is 0 Å². The molecule has 4 rings (SSSR count). The molecule has 210 valence electrons. The third-order valence-electron chi connectivity index (χ3n) is 11.9. The van der Waals surface area contributed by atoms with Crippen molar-refractivity contribution in [2.45, 2.75) is 110 Å². The van der Waals surface area contributed by atoms with Crippen molar-refractivity contribution in [2.24, 2.45) is 57.8 Å². The average Bonchev–Trinajstić information content (AvgIpc) is 3.23. The van der Waals surface area contributed by atoms with E-state index in [1.165, 1.54) is 64.2 Å². The van der Waals surface area contributed by atoms with Crippen molar-refractivity contribution in [2.75, 3.05) is 39.9 Å². The molecule has 0 spiro atoms. The van der Waals surface area contributed by atoms with Gasteiger partial charge in [0.25, 0.3) is 0 Å². The van der Waals surface area contributed by atoms with Crippen LogP contribution >= 0.6 is 0 Å². The maximum atomic E-state index is 6.88. The molecule has 6 unspecified atom stereocenters. The molecular formula is C31H59N3O2. The Labute approximate surface area is 222 Å². The second kappa shape index (κ2) is 12.8. The Morgan fingerprint density at radius 2 is 1.64 bits per heavy atom. The minimum Gasteiger partial charge on any atom is -0.378 e. The van der Waals surface area contributed by atoms with Crippen LogP contribution < -0.4 is 16.8 Å². The average molecular weight is 506 g/mol. The lowest BCUT2D eigenvalue weighted by atomic mass is 9.43. The van der Waals surface area contributed by atoms with E-state index in [1.807, 2.05) is 0 Å². The van der Waals surface area contributed by atoms with Crippen LogP contribution in [0.15, 0.2) is 0 Å². The summed E-state index contributed by atoms with van der Waals surface area (Å²) in [4.78, 5) is 0. The first kappa shape index (κ1) is 28.8. The van der Waals surface area contributed by atoms with Gasteiger partial charge < -0.3 is 26.3 Å². The summed E-state index contributed by atoms with van der Waals surface area (Å²) in [5.74, 6) is 4.89. The summed E-state index contributed by atoms with van der Waals surface area (Å²) in [6.07, 6.45) is 16.2. The molecule has 5 heteroatoms. The van der Waals surface area contributed by atoms with Gasteiger partial charge in [-0.1, -0.05) is 20.8 Å². The van der Waals surface area contributed by atoms with E-state index in [1.54, 1.807) is 0 Å². The van der Waals surface area contributed by atoms with Gasteiger partial charge in [-0.25, -0.2) is 0 Å². The lowest BCUT2D eigenvalue weighted by molar-refractivity contribution is -0.192. The molecule has 5 N–H and O–H groups in total. The van der Waals surface area contributed by atoms with E-state index in [0.29, 0.717) is 23.0 Å². The molecule has 0 aromatic heterocycles. The third kappa shape index (κ3) is 5.57. The van der Waals surface area contributed by atoms with Crippen molar-refractivity contribution >= 4 is 0 Å². The van der Waals surface area contributed by atoms with Crippen LogP contribution in [-0.4, -0.2) is 52.1 Å². The van der Waals surface area contributed by atoms with E-state index in [2.05, 4.69) is 33.1 Å². The Morgan fingerprint density at radius 3 is 2.36 bits per heavy atom. The van der Waals surface area contributed by atoms with Gasteiger partial charge in [-0.15, -0.1) is 0 Å². The van der Waals surface area contributed by atoms with Crippen LogP contribution in [-0.2, 0) is 9.47 Å². The van der Waals surface area contributed by atoms with Crippen LogP contribution in [0.5, 0.6) is 0 Å². The molecule has 4 fully saturated rings. The number of rotatable bonds is 13. The molecule has 4 aliphatic rings. The number of hydrogen-bond donors (Lipinski definition) is 3. The predicted octanol–water partition coefficient (Wildman–Crippen LogP) is 5.36. The Kier molecular flexibility index (Phi) is 10.2. The van der Waals surface area contributed by atoms with Gasteiger partial charge >= 0.3 is 0 Å². The van der Waals surface area contributed by atoms with Crippen molar-refractivity contribution in [1.29, 1.82) is 0 Å². The number of hydrogen-bond acceptors (Lipinski definition) is 5. The monoisotopic (exact) mass is 505 g/mol. The molecule has 5 nitrogen and oxygen atoms in total. The SMILES string of the molecule is CNCCCC(C)C1CC[C@H]2C3CCC4C[C@H](OCCCN)CCC4(C)C3C[C@H](OCCCN)[C@]12C. The lowest BCUT2D eigenvalue weighted by Crippen LogP contribution is -2.59. The predicted molar refractivity (Wildman–Crippen MR) is 150 cm³/mol. The van der Waals surface area contributed by atoms with E-state index in [-0.39, 0.29) is 0 Å². The quantitative estimate of drug-likeness (QED) is 0.294. The Bertz CT molecular complexity index is 676. The van der Waals surface area contributed by atoms with Gasteiger partial charge in [-0.05, 0) is 150 Å².